The van der Waals surface area contributed by atoms with Gasteiger partial charge in [0.15, 0.2) is 34.3 Å². The van der Waals surface area contributed by atoms with E-state index in [0.717, 1.165) is 0 Å². The molecule has 224 valence electrons. The molecule has 0 aromatic heterocycles. The summed E-state index contributed by atoms with van der Waals surface area (Å²) >= 11 is 0. The number of carbonyl (C=O) groups excluding carboxylic acids is 1. The van der Waals surface area contributed by atoms with Gasteiger partial charge in [0.05, 0.1) is 19.3 Å². The number of fused-ring (bicyclic) bond motifs is 1. The van der Waals surface area contributed by atoms with Crippen LogP contribution >= 0.6 is 0 Å². The number of ether oxygens (including phenoxy) is 4. The Hall–Kier alpha value is -0.536. The van der Waals surface area contributed by atoms with Gasteiger partial charge in [-0.3, -0.25) is 0 Å². The highest BCUT2D eigenvalue weighted by molar-refractivity contribution is 6.74. The summed E-state index contributed by atoms with van der Waals surface area (Å²) in [6, 6.07) is -0.661. The molecule has 2 unspecified atom stereocenters. The van der Waals surface area contributed by atoms with Crippen molar-refractivity contribution >= 4 is 22.7 Å². The highest BCUT2D eigenvalue weighted by atomic mass is 28.4. The van der Waals surface area contributed by atoms with Crippen LogP contribution in [-0.2, 0) is 27.8 Å². The maximum atomic E-state index is 12.9. The predicted molar refractivity (Wildman–Crippen MR) is 153 cm³/mol. The summed E-state index contributed by atoms with van der Waals surface area (Å²) in [5.41, 5.74) is -1.94. The summed E-state index contributed by atoms with van der Waals surface area (Å²) in [4.78, 5) is 12.9. The number of hydrogen-bond acceptors (Lipinski definition) is 8. The smallest absolute Gasteiger partial charge is 0.408 e. The maximum absolute atomic E-state index is 12.9. The first-order valence-electron chi connectivity index (χ1n) is 13.7. The van der Waals surface area contributed by atoms with Crippen LogP contribution < -0.4 is 5.32 Å². The van der Waals surface area contributed by atoms with E-state index in [1.54, 1.807) is 0 Å². The van der Waals surface area contributed by atoms with E-state index in [1.807, 2.05) is 34.6 Å². The Morgan fingerprint density at radius 1 is 0.947 bits per heavy atom. The zero-order chi connectivity index (χ0) is 29.8. The zero-order valence-corrected chi connectivity index (χ0v) is 28.5. The van der Waals surface area contributed by atoms with Crippen LogP contribution in [0.4, 0.5) is 4.79 Å². The molecule has 0 aliphatic carbocycles. The molecule has 0 bridgehead atoms. The Kier molecular flexibility index (Phi) is 9.48. The summed E-state index contributed by atoms with van der Waals surface area (Å²) in [5.74, 6) is -0.985. The van der Waals surface area contributed by atoms with Crippen LogP contribution in [0.15, 0.2) is 0 Å². The van der Waals surface area contributed by atoms with Crippen molar-refractivity contribution in [2.75, 3.05) is 13.2 Å². The Labute approximate surface area is 232 Å². The fourth-order valence-electron chi connectivity index (χ4n) is 4.01. The van der Waals surface area contributed by atoms with Crippen LogP contribution in [0.25, 0.3) is 0 Å². The van der Waals surface area contributed by atoms with E-state index >= 15 is 0 Å². The molecule has 0 aromatic rings. The Balaban J connectivity index is 2.41. The number of aliphatic hydroxyl groups is 1. The van der Waals surface area contributed by atoms with Crippen LogP contribution in [0.1, 0.15) is 76.2 Å². The first-order chi connectivity index (χ1) is 16.7. The van der Waals surface area contributed by atoms with Crippen molar-refractivity contribution in [2.24, 2.45) is 0 Å². The van der Waals surface area contributed by atoms with Gasteiger partial charge in [-0.25, -0.2) is 4.79 Å². The molecule has 1 amide bonds. The number of aliphatic hydroxyl groups excluding tert-OH is 1. The van der Waals surface area contributed by atoms with E-state index in [2.05, 4.69) is 73.0 Å². The minimum Gasteiger partial charge on any atom is -0.444 e. The van der Waals surface area contributed by atoms with Crippen molar-refractivity contribution in [3.05, 3.63) is 0 Å². The Morgan fingerprint density at radius 3 is 1.92 bits per heavy atom. The molecule has 2 aliphatic heterocycles. The predicted octanol–water partition coefficient (Wildman–Crippen LogP) is 5.53. The number of rotatable bonds is 8. The second-order valence-electron chi connectivity index (χ2n) is 15.3. The van der Waals surface area contributed by atoms with Gasteiger partial charge in [0, 0.05) is 0 Å². The van der Waals surface area contributed by atoms with E-state index in [0.29, 0.717) is 0 Å². The molecular formula is C27H55NO8Si2. The fourth-order valence-corrected chi connectivity index (χ4v) is 6.06. The minimum atomic E-state index is -2.19. The summed E-state index contributed by atoms with van der Waals surface area (Å²) in [5, 5.41) is 14.2. The van der Waals surface area contributed by atoms with E-state index in [4.69, 9.17) is 27.8 Å². The highest BCUT2D eigenvalue weighted by Crippen LogP contribution is 2.49. The molecule has 0 aromatic carbocycles. The van der Waals surface area contributed by atoms with Crippen molar-refractivity contribution in [1.29, 1.82) is 0 Å². The second-order valence-corrected chi connectivity index (χ2v) is 24.9. The van der Waals surface area contributed by atoms with Crippen molar-refractivity contribution < 1.29 is 37.7 Å². The normalized spacial score (nSPS) is 29.2. The van der Waals surface area contributed by atoms with Gasteiger partial charge in [-0.2, -0.15) is 0 Å². The summed E-state index contributed by atoms with van der Waals surface area (Å²) in [6.45, 7) is 30.9. The van der Waals surface area contributed by atoms with E-state index in [1.165, 1.54) is 0 Å². The van der Waals surface area contributed by atoms with E-state index in [9.17, 15) is 9.90 Å². The maximum Gasteiger partial charge on any atom is 0.408 e. The lowest BCUT2D eigenvalue weighted by Gasteiger charge is -2.40. The van der Waals surface area contributed by atoms with Crippen molar-refractivity contribution in [3.63, 3.8) is 0 Å². The van der Waals surface area contributed by atoms with Crippen molar-refractivity contribution in [3.8, 4) is 0 Å². The van der Waals surface area contributed by atoms with Gasteiger partial charge in [-0.15, -0.1) is 0 Å². The second kappa shape index (κ2) is 10.7. The zero-order valence-electron chi connectivity index (χ0n) is 26.5. The van der Waals surface area contributed by atoms with Gasteiger partial charge in [0.2, 0.25) is 0 Å². The third-order valence-electron chi connectivity index (χ3n) is 8.32. The Bertz CT molecular complexity index is 843. The molecule has 5 atom stereocenters. The summed E-state index contributed by atoms with van der Waals surface area (Å²) in [7, 11) is -4.36. The highest BCUT2D eigenvalue weighted by Gasteiger charge is 2.68. The van der Waals surface area contributed by atoms with Crippen molar-refractivity contribution in [1.82, 2.24) is 5.32 Å². The van der Waals surface area contributed by atoms with Gasteiger partial charge in [0.1, 0.15) is 17.8 Å². The van der Waals surface area contributed by atoms with E-state index in [-0.39, 0.29) is 23.3 Å². The molecular weight excluding hydrogens is 522 g/mol. The lowest BCUT2D eigenvalue weighted by Crippen LogP contribution is -2.57. The molecule has 11 heteroatoms. The molecule has 2 fully saturated rings. The molecule has 2 rings (SSSR count). The van der Waals surface area contributed by atoms with Gasteiger partial charge >= 0.3 is 6.09 Å². The van der Waals surface area contributed by atoms with Crippen LogP contribution in [0.3, 0.4) is 0 Å². The minimum absolute atomic E-state index is 0.0320. The largest absolute Gasteiger partial charge is 0.444 e. The number of alkyl carbamates (subject to hydrolysis) is 1. The van der Waals surface area contributed by atoms with Gasteiger partial charge < -0.3 is 38.2 Å². The fraction of sp³-hybridized carbons (Fsp3) is 0.963. The average molecular weight is 578 g/mol. The molecule has 0 radical (unpaired) electrons. The van der Waals surface area contributed by atoms with Gasteiger partial charge in [-0.1, -0.05) is 41.5 Å². The molecule has 2 saturated heterocycles. The summed E-state index contributed by atoms with van der Waals surface area (Å²) < 4.78 is 37.5. The van der Waals surface area contributed by atoms with E-state index < -0.39 is 64.3 Å². The number of nitrogens with one attached hydrogen (secondary N) is 1. The molecule has 9 nitrogen and oxygen atoms in total. The molecule has 0 saturated carbocycles. The molecule has 38 heavy (non-hydrogen) atoms. The molecule has 0 spiro atoms. The third-order valence-corrected chi connectivity index (χ3v) is 17.3. The van der Waals surface area contributed by atoms with Crippen LogP contribution in [-0.4, -0.2) is 82.6 Å². The number of amides is 1. The monoisotopic (exact) mass is 577 g/mol. The van der Waals surface area contributed by atoms with Crippen LogP contribution in [0, 0.1) is 0 Å². The lowest BCUT2D eigenvalue weighted by molar-refractivity contribution is -0.253. The number of hydrogen-bond donors (Lipinski definition) is 2. The SMILES string of the molecule is CC(C)(C)OC(=O)NC(CO[Si](C)(C)C(C)(C)C)[C@H]1OC(O)[C@@]2(CO[Si](C)(C)C(C)(C)C)OC(C)(C)O[C@@H]12. The first-order valence-corrected chi connectivity index (χ1v) is 19.5. The first kappa shape index (κ1) is 33.7. The van der Waals surface area contributed by atoms with Gasteiger partial charge in [0.25, 0.3) is 0 Å². The quantitative estimate of drug-likeness (QED) is 0.363. The molecule has 2 N–H and O–H groups in total. The summed E-state index contributed by atoms with van der Waals surface area (Å²) in [6.07, 6.45) is -3.38. The van der Waals surface area contributed by atoms with Crippen molar-refractivity contribution in [2.45, 2.75) is 154 Å². The average Bonchev–Trinajstić information content (AvgIpc) is 3.09. The standard InChI is InChI=1S/C27H55NO8Si2/c1-23(2,3)35-22(30)28-18(16-31-37(12,13)24(4,5)6)19-20-27(21(29)33-19,36-26(10,11)34-20)17-32-38(14,15)25(7,8)9/h18-21,29H,16-17H2,1-15H3,(H,28,30)/t18?,19-,20+,21?,27+/m1/s1. The molecule has 2 aliphatic rings. The van der Waals surface area contributed by atoms with Gasteiger partial charge in [-0.05, 0) is 70.9 Å². The topological polar surface area (TPSA) is 105 Å². The Morgan fingerprint density at radius 2 is 1.45 bits per heavy atom. The third kappa shape index (κ3) is 7.60. The number of carbonyl (C=O) groups is 1. The lowest BCUT2D eigenvalue weighted by atomic mass is 9.93. The van der Waals surface area contributed by atoms with Crippen LogP contribution in [0.2, 0.25) is 36.3 Å². The van der Waals surface area contributed by atoms with Crippen LogP contribution in [0.5, 0.6) is 0 Å². The molecule has 2 heterocycles.